The van der Waals surface area contributed by atoms with Gasteiger partial charge in [-0.1, -0.05) is 43.3 Å². The second kappa shape index (κ2) is 11.6. The number of aryl methyl sites for hydroxylation is 2. The summed E-state index contributed by atoms with van der Waals surface area (Å²) < 4.78 is 27.4. The molecule has 2 aliphatic rings. The summed E-state index contributed by atoms with van der Waals surface area (Å²) in [5, 5.41) is 2.90. The molecule has 0 fully saturated rings. The van der Waals surface area contributed by atoms with E-state index in [1.165, 1.54) is 22.3 Å². The van der Waals surface area contributed by atoms with Crippen LogP contribution in [-0.4, -0.2) is 89.6 Å². The van der Waals surface area contributed by atoms with Gasteiger partial charge in [-0.25, -0.2) is 17.9 Å². The average Bonchev–Trinajstić information content (AvgIpc) is 3.40. The standard InChI is InChI=1S/C24H31N3O3S.K/c1-2-27(17-18-8-4-3-5-9-18)14-15-31(29,30)26-24(28)25-23-21-12-6-10-19(21)16-20-11-7-13-22(20)23;/h3-5,8-9,16H,2,6-7,10-15,17H2,1H3,(H2,25,26,28);. The monoisotopic (exact) mass is 480 g/mol. The molecule has 0 aromatic heterocycles. The molecule has 2 aromatic carbocycles. The first kappa shape index (κ1) is 25.9. The van der Waals surface area contributed by atoms with Crippen molar-refractivity contribution in [2.45, 2.75) is 52.0 Å². The van der Waals surface area contributed by atoms with Gasteiger partial charge in [-0.15, -0.1) is 0 Å². The van der Waals surface area contributed by atoms with E-state index in [9.17, 15) is 13.2 Å². The van der Waals surface area contributed by atoms with Crippen molar-refractivity contribution in [1.82, 2.24) is 9.62 Å². The third-order valence-electron chi connectivity index (χ3n) is 6.33. The van der Waals surface area contributed by atoms with Crippen molar-refractivity contribution >= 4 is 73.1 Å². The Morgan fingerprint density at radius 2 is 1.62 bits per heavy atom. The molecule has 32 heavy (non-hydrogen) atoms. The van der Waals surface area contributed by atoms with Crippen molar-refractivity contribution in [2.75, 3.05) is 24.2 Å². The Balaban J connectivity index is 0.00000289. The molecule has 0 spiro atoms. The van der Waals surface area contributed by atoms with Crippen LogP contribution in [-0.2, 0) is 42.3 Å². The molecule has 6 nitrogen and oxygen atoms in total. The molecular weight excluding hydrogens is 449 g/mol. The molecule has 0 saturated heterocycles. The van der Waals surface area contributed by atoms with Gasteiger partial charge in [-0.05, 0) is 72.9 Å². The second-order valence-corrected chi connectivity index (χ2v) is 10.3. The Morgan fingerprint density at radius 1 is 1.00 bits per heavy atom. The third kappa shape index (κ3) is 6.43. The number of carbonyl (C=O) groups excluding carboxylic acids is 1. The number of anilines is 1. The maximum Gasteiger partial charge on any atom is 0.332 e. The summed E-state index contributed by atoms with van der Waals surface area (Å²) in [6.07, 6.45) is 6.12. The van der Waals surface area contributed by atoms with Crippen LogP contribution in [0.4, 0.5) is 10.5 Å². The summed E-state index contributed by atoms with van der Waals surface area (Å²) in [6.45, 7) is 3.79. The SMILES string of the molecule is CCN(CCS(=O)(=O)NC(=O)Nc1c2c(cc3c1CCC3)CCC2)Cc1ccccc1.[K]. The number of sulfonamides is 1. The molecule has 0 bridgehead atoms. The van der Waals surface area contributed by atoms with Crippen LogP contribution in [0.25, 0.3) is 0 Å². The van der Waals surface area contributed by atoms with Crippen LogP contribution in [0.15, 0.2) is 36.4 Å². The van der Waals surface area contributed by atoms with Crippen LogP contribution in [0, 0.1) is 0 Å². The van der Waals surface area contributed by atoms with Crippen molar-refractivity contribution in [3.8, 4) is 0 Å². The van der Waals surface area contributed by atoms with Gasteiger partial charge in [-0.2, -0.15) is 0 Å². The van der Waals surface area contributed by atoms with E-state index < -0.39 is 16.1 Å². The maximum absolute atomic E-state index is 12.6. The Kier molecular flexibility index (Phi) is 9.38. The van der Waals surface area contributed by atoms with Gasteiger partial charge in [0, 0.05) is 70.2 Å². The number of amides is 2. The molecule has 0 unspecified atom stereocenters. The summed E-state index contributed by atoms with van der Waals surface area (Å²) >= 11 is 0. The zero-order valence-corrected chi connectivity index (χ0v) is 23.1. The van der Waals surface area contributed by atoms with E-state index in [2.05, 4.69) is 21.0 Å². The fourth-order valence-corrected chi connectivity index (χ4v) is 5.67. The molecule has 0 saturated carbocycles. The molecule has 1 radical (unpaired) electrons. The number of nitrogens with zero attached hydrogens (tertiary/aromatic N) is 1. The molecule has 167 valence electrons. The largest absolute Gasteiger partial charge is 0.332 e. The maximum atomic E-state index is 12.6. The smallest absolute Gasteiger partial charge is 0.307 e. The van der Waals surface area contributed by atoms with Crippen molar-refractivity contribution in [1.29, 1.82) is 0 Å². The molecule has 2 amide bonds. The fraction of sp³-hybridized carbons (Fsp3) is 0.458. The zero-order chi connectivity index (χ0) is 21.8. The van der Waals surface area contributed by atoms with Crippen molar-refractivity contribution < 1.29 is 13.2 Å². The molecular formula is C24H31KN3O3S. The summed E-state index contributed by atoms with van der Waals surface area (Å²) in [7, 11) is -3.73. The van der Waals surface area contributed by atoms with Crippen LogP contribution in [0.1, 0.15) is 47.6 Å². The van der Waals surface area contributed by atoms with Crippen LogP contribution < -0.4 is 10.0 Å². The van der Waals surface area contributed by atoms with E-state index in [-0.39, 0.29) is 57.1 Å². The minimum atomic E-state index is -3.73. The predicted molar refractivity (Wildman–Crippen MR) is 130 cm³/mol. The van der Waals surface area contributed by atoms with Gasteiger partial charge in [-0.3, -0.25) is 4.90 Å². The van der Waals surface area contributed by atoms with Gasteiger partial charge >= 0.3 is 6.03 Å². The number of hydrogen-bond acceptors (Lipinski definition) is 4. The van der Waals surface area contributed by atoms with Crippen LogP contribution >= 0.6 is 0 Å². The molecule has 2 aliphatic carbocycles. The number of urea groups is 1. The topological polar surface area (TPSA) is 78.5 Å². The fourth-order valence-electron chi connectivity index (χ4n) is 4.74. The summed E-state index contributed by atoms with van der Waals surface area (Å²) in [5.41, 5.74) is 6.98. The van der Waals surface area contributed by atoms with E-state index in [0.29, 0.717) is 13.1 Å². The minimum Gasteiger partial charge on any atom is -0.307 e. The van der Waals surface area contributed by atoms with Crippen LogP contribution in [0.5, 0.6) is 0 Å². The number of carbonyl (C=O) groups is 1. The molecule has 0 aliphatic heterocycles. The zero-order valence-electron chi connectivity index (χ0n) is 19.1. The summed E-state index contributed by atoms with van der Waals surface area (Å²) in [5.74, 6) is -0.119. The number of benzene rings is 2. The first-order chi connectivity index (χ1) is 14.9. The Bertz CT molecular complexity index is 1030. The second-order valence-electron chi connectivity index (χ2n) is 8.46. The minimum absolute atomic E-state index is 0. The number of rotatable bonds is 8. The van der Waals surface area contributed by atoms with E-state index >= 15 is 0 Å². The third-order valence-corrected chi connectivity index (χ3v) is 7.55. The van der Waals surface area contributed by atoms with E-state index in [1.807, 2.05) is 37.3 Å². The average molecular weight is 481 g/mol. The van der Waals surface area contributed by atoms with Gasteiger partial charge in [0.05, 0.1) is 5.75 Å². The van der Waals surface area contributed by atoms with Gasteiger partial charge < -0.3 is 5.32 Å². The summed E-state index contributed by atoms with van der Waals surface area (Å²) in [4.78, 5) is 14.7. The first-order valence-electron chi connectivity index (χ1n) is 11.2. The van der Waals surface area contributed by atoms with Gasteiger partial charge in [0.15, 0.2) is 0 Å². The van der Waals surface area contributed by atoms with Crippen molar-refractivity contribution in [3.05, 3.63) is 64.2 Å². The first-order valence-corrected chi connectivity index (χ1v) is 12.8. The van der Waals surface area contributed by atoms with Crippen LogP contribution in [0.3, 0.4) is 0 Å². The Morgan fingerprint density at radius 3 is 2.22 bits per heavy atom. The van der Waals surface area contributed by atoms with Gasteiger partial charge in [0.1, 0.15) is 0 Å². The molecule has 2 aromatic rings. The van der Waals surface area contributed by atoms with Crippen LogP contribution in [0.2, 0.25) is 0 Å². The van der Waals surface area contributed by atoms with E-state index in [1.54, 1.807) is 0 Å². The van der Waals surface area contributed by atoms with E-state index in [4.69, 9.17) is 0 Å². The molecule has 4 rings (SSSR count). The summed E-state index contributed by atoms with van der Waals surface area (Å²) in [6, 6.07) is 11.6. The van der Waals surface area contributed by atoms with Crippen molar-refractivity contribution in [3.63, 3.8) is 0 Å². The number of nitrogens with one attached hydrogen (secondary N) is 2. The number of fused-ring (bicyclic) bond motifs is 2. The van der Waals surface area contributed by atoms with E-state index in [0.717, 1.165) is 56.3 Å². The predicted octanol–water partition coefficient (Wildman–Crippen LogP) is 3.26. The quantitative estimate of drug-likeness (QED) is 0.569. The van der Waals surface area contributed by atoms with Gasteiger partial charge in [0.2, 0.25) is 10.0 Å². The molecule has 0 heterocycles. The van der Waals surface area contributed by atoms with Crippen molar-refractivity contribution in [2.24, 2.45) is 0 Å². The normalized spacial score (nSPS) is 14.6. The molecule has 8 heteroatoms. The molecule has 2 N–H and O–H groups in total. The Hall–Kier alpha value is -0.744. The van der Waals surface area contributed by atoms with Gasteiger partial charge in [0.25, 0.3) is 0 Å². The number of hydrogen-bond donors (Lipinski definition) is 2. The Labute approximate surface area is 234 Å². The molecule has 0 atom stereocenters.